The quantitative estimate of drug-likeness (QED) is 0.542. The monoisotopic (exact) mass is 444 g/mol. The molecule has 174 valence electrons. The highest BCUT2D eigenvalue weighted by atomic mass is 16.2. The summed E-state index contributed by atoms with van der Waals surface area (Å²) < 4.78 is 0. The van der Waals surface area contributed by atoms with Gasteiger partial charge in [-0.3, -0.25) is 9.59 Å². The van der Waals surface area contributed by atoms with E-state index in [0.717, 1.165) is 43.4 Å². The van der Waals surface area contributed by atoms with Crippen LogP contribution in [0.1, 0.15) is 89.6 Å². The first-order valence-electron chi connectivity index (χ1n) is 12.6. The van der Waals surface area contributed by atoms with E-state index in [2.05, 4.69) is 24.4 Å². The summed E-state index contributed by atoms with van der Waals surface area (Å²) in [5.41, 5.74) is 5.34. The molecule has 1 atom stereocenters. The van der Waals surface area contributed by atoms with Crippen molar-refractivity contribution in [3.05, 3.63) is 82.4 Å². The molecule has 1 heterocycles. The minimum atomic E-state index is -0.00647. The van der Waals surface area contributed by atoms with E-state index in [-0.39, 0.29) is 17.7 Å². The lowest BCUT2D eigenvalue weighted by molar-refractivity contribution is 0.0706. The molecule has 0 radical (unpaired) electrons. The fourth-order valence-electron chi connectivity index (χ4n) is 5.00. The highest BCUT2D eigenvalue weighted by molar-refractivity contribution is 5.95. The molecule has 0 aromatic heterocycles. The van der Waals surface area contributed by atoms with E-state index in [0.29, 0.717) is 18.7 Å². The van der Waals surface area contributed by atoms with E-state index in [1.807, 2.05) is 47.4 Å². The third kappa shape index (κ3) is 6.13. The number of aryl methyl sites for hydroxylation is 1. The van der Waals surface area contributed by atoms with Crippen LogP contribution in [0.2, 0.25) is 0 Å². The number of piperidine rings is 1. The zero-order valence-electron chi connectivity index (χ0n) is 19.8. The van der Waals surface area contributed by atoms with Crippen LogP contribution in [0.5, 0.6) is 0 Å². The zero-order chi connectivity index (χ0) is 23.0. The van der Waals surface area contributed by atoms with E-state index >= 15 is 0 Å². The Bertz CT molecular complexity index is 993. The van der Waals surface area contributed by atoms with Crippen molar-refractivity contribution in [1.29, 1.82) is 0 Å². The van der Waals surface area contributed by atoms with E-state index in [9.17, 15) is 9.59 Å². The molecule has 0 spiro atoms. The molecule has 0 unspecified atom stereocenters. The third-order valence-electron chi connectivity index (χ3n) is 7.05. The molecule has 1 N–H and O–H groups in total. The van der Waals surface area contributed by atoms with Crippen LogP contribution in [0.3, 0.4) is 0 Å². The number of nitrogens with zero attached hydrogens (tertiary/aromatic N) is 1. The van der Waals surface area contributed by atoms with Crippen LogP contribution in [0.15, 0.2) is 60.2 Å². The van der Waals surface area contributed by atoms with Crippen molar-refractivity contribution in [2.24, 2.45) is 0 Å². The van der Waals surface area contributed by atoms with Gasteiger partial charge in [-0.25, -0.2) is 0 Å². The van der Waals surface area contributed by atoms with Crippen LogP contribution in [-0.4, -0.2) is 36.3 Å². The summed E-state index contributed by atoms with van der Waals surface area (Å²) in [5.74, 6) is 0.360. The number of benzene rings is 2. The normalized spacial score (nSPS) is 18.5. The molecule has 4 nitrogen and oxygen atoms in total. The number of carbonyl (C=O) groups excluding carboxylic acids is 2. The maximum atomic E-state index is 13.1. The highest BCUT2D eigenvalue weighted by Crippen LogP contribution is 2.28. The molecule has 1 aliphatic carbocycles. The second-order valence-corrected chi connectivity index (χ2v) is 9.38. The maximum absolute atomic E-state index is 13.1. The zero-order valence-corrected chi connectivity index (χ0v) is 19.8. The van der Waals surface area contributed by atoms with Crippen LogP contribution in [0, 0.1) is 0 Å². The van der Waals surface area contributed by atoms with Crippen molar-refractivity contribution in [2.45, 2.75) is 64.2 Å². The molecule has 0 bridgehead atoms. The van der Waals surface area contributed by atoms with Gasteiger partial charge in [-0.15, -0.1) is 0 Å². The summed E-state index contributed by atoms with van der Waals surface area (Å²) in [4.78, 5) is 27.8. The number of amides is 2. The van der Waals surface area contributed by atoms with Gasteiger partial charge in [-0.05, 0) is 86.8 Å². The van der Waals surface area contributed by atoms with E-state index in [1.54, 1.807) is 0 Å². The predicted molar refractivity (Wildman–Crippen MR) is 134 cm³/mol. The van der Waals surface area contributed by atoms with Crippen LogP contribution in [0.25, 0.3) is 0 Å². The van der Waals surface area contributed by atoms with E-state index in [4.69, 9.17) is 0 Å². The lowest BCUT2D eigenvalue weighted by Gasteiger charge is -2.33. The van der Waals surface area contributed by atoms with Crippen molar-refractivity contribution in [2.75, 3.05) is 19.6 Å². The standard InChI is InChI=1S/C29H36N2O2/c1-2-22-13-15-24(16-14-22)29(33)31-19-7-12-27(21-31)25-10-6-11-26(20-25)28(32)30-18-17-23-8-4-3-5-9-23/h6,8,10-11,13-16,20,27H,2-5,7,9,12,17-19,21H2,1H3,(H,30,32)/t27-/m0/s1. The van der Waals surface area contributed by atoms with Gasteiger partial charge in [0.25, 0.3) is 11.8 Å². The fraction of sp³-hybridized carbons (Fsp3) is 0.448. The van der Waals surface area contributed by atoms with Crippen molar-refractivity contribution < 1.29 is 9.59 Å². The van der Waals surface area contributed by atoms with Crippen molar-refractivity contribution in [3.63, 3.8) is 0 Å². The number of carbonyl (C=O) groups is 2. The molecule has 1 saturated heterocycles. The Morgan fingerprint density at radius 1 is 1.03 bits per heavy atom. The second-order valence-electron chi connectivity index (χ2n) is 9.38. The topological polar surface area (TPSA) is 49.4 Å². The molecule has 2 amide bonds. The summed E-state index contributed by atoms with van der Waals surface area (Å²) in [5, 5.41) is 3.09. The number of hydrogen-bond acceptors (Lipinski definition) is 2. The maximum Gasteiger partial charge on any atom is 0.253 e. The lowest BCUT2D eigenvalue weighted by Crippen LogP contribution is -2.39. The SMILES string of the molecule is CCc1ccc(C(=O)N2CCC[C@H](c3cccc(C(=O)NCCC4=CCCCC4)c3)C2)cc1. The van der Waals surface area contributed by atoms with Crippen LogP contribution < -0.4 is 5.32 Å². The number of nitrogens with one attached hydrogen (secondary N) is 1. The molecule has 1 fully saturated rings. The molecule has 2 aromatic rings. The van der Waals surface area contributed by atoms with Gasteiger partial charge in [0.1, 0.15) is 0 Å². The van der Waals surface area contributed by atoms with Crippen molar-refractivity contribution in [1.82, 2.24) is 10.2 Å². The molecule has 0 saturated carbocycles. The summed E-state index contributed by atoms with van der Waals surface area (Å²) >= 11 is 0. The predicted octanol–water partition coefficient (Wildman–Crippen LogP) is 5.89. The van der Waals surface area contributed by atoms with Gasteiger partial charge in [0.15, 0.2) is 0 Å². The smallest absolute Gasteiger partial charge is 0.253 e. The molecule has 2 aliphatic rings. The van der Waals surface area contributed by atoms with Gasteiger partial charge < -0.3 is 10.2 Å². The molecular formula is C29H36N2O2. The van der Waals surface area contributed by atoms with Gasteiger partial charge >= 0.3 is 0 Å². The Balaban J connectivity index is 1.36. The number of hydrogen-bond donors (Lipinski definition) is 1. The van der Waals surface area contributed by atoms with Gasteiger partial charge in [0.05, 0.1) is 0 Å². The first-order valence-corrected chi connectivity index (χ1v) is 12.6. The van der Waals surface area contributed by atoms with Gasteiger partial charge in [0.2, 0.25) is 0 Å². The average Bonchev–Trinajstić information content (AvgIpc) is 2.89. The second kappa shape index (κ2) is 11.3. The molecule has 4 rings (SSSR count). The first kappa shape index (κ1) is 23.3. The van der Waals surface area contributed by atoms with E-state index in [1.165, 1.54) is 36.8 Å². The number of rotatable bonds is 7. The van der Waals surface area contributed by atoms with Gasteiger partial charge in [-0.1, -0.05) is 42.8 Å². The molecule has 2 aromatic carbocycles. The minimum absolute atomic E-state index is 0.00647. The van der Waals surface area contributed by atoms with Crippen molar-refractivity contribution >= 4 is 11.8 Å². The van der Waals surface area contributed by atoms with Crippen LogP contribution >= 0.6 is 0 Å². The Kier molecular flexibility index (Phi) is 7.98. The van der Waals surface area contributed by atoms with Crippen LogP contribution in [0.4, 0.5) is 0 Å². The average molecular weight is 445 g/mol. The Labute approximate surface area is 198 Å². The minimum Gasteiger partial charge on any atom is -0.352 e. The Morgan fingerprint density at radius 2 is 1.88 bits per heavy atom. The number of allylic oxidation sites excluding steroid dienone is 1. The molecular weight excluding hydrogens is 408 g/mol. The molecule has 33 heavy (non-hydrogen) atoms. The van der Waals surface area contributed by atoms with Gasteiger partial charge in [-0.2, -0.15) is 0 Å². The summed E-state index contributed by atoms with van der Waals surface area (Å²) in [6.45, 7) is 4.31. The van der Waals surface area contributed by atoms with Crippen LogP contribution in [-0.2, 0) is 6.42 Å². The Hall–Kier alpha value is -2.88. The summed E-state index contributed by atoms with van der Waals surface area (Å²) in [6, 6.07) is 15.9. The summed E-state index contributed by atoms with van der Waals surface area (Å²) in [7, 11) is 0. The first-order chi connectivity index (χ1) is 16.1. The highest BCUT2D eigenvalue weighted by Gasteiger charge is 2.26. The summed E-state index contributed by atoms with van der Waals surface area (Å²) in [6.07, 6.45) is 11.2. The number of likely N-dealkylation sites (tertiary alicyclic amines) is 1. The van der Waals surface area contributed by atoms with Gasteiger partial charge in [0, 0.05) is 36.7 Å². The van der Waals surface area contributed by atoms with Crippen molar-refractivity contribution in [3.8, 4) is 0 Å². The molecule has 1 aliphatic heterocycles. The Morgan fingerprint density at radius 3 is 2.64 bits per heavy atom. The largest absolute Gasteiger partial charge is 0.352 e. The fourth-order valence-corrected chi connectivity index (χ4v) is 5.00. The van der Waals surface area contributed by atoms with E-state index < -0.39 is 0 Å². The lowest BCUT2D eigenvalue weighted by atomic mass is 9.89. The third-order valence-corrected chi connectivity index (χ3v) is 7.05. The molecule has 4 heteroatoms.